The van der Waals surface area contributed by atoms with E-state index in [0.29, 0.717) is 11.1 Å². The molecule has 1 saturated carbocycles. The largest absolute Gasteiger partial charge is 0.466 e. The van der Waals surface area contributed by atoms with Gasteiger partial charge in [0.05, 0.1) is 12.5 Å². The summed E-state index contributed by atoms with van der Waals surface area (Å²) in [4.78, 5) is 38.8. The Labute approximate surface area is 153 Å². The van der Waals surface area contributed by atoms with Gasteiger partial charge in [0.25, 0.3) is 0 Å². The Morgan fingerprint density at radius 3 is 2.28 bits per heavy atom. The molecule has 0 N–H and O–H groups in total. The average molecular weight is 399 g/mol. The zero-order valence-electron chi connectivity index (χ0n) is 13.5. The van der Waals surface area contributed by atoms with Crippen LogP contribution in [0.2, 0.25) is 0 Å². The Balaban J connectivity index is 1.86. The van der Waals surface area contributed by atoms with Gasteiger partial charge in [-0.25, -0.2) is 0 Å². The van der Waals surface area contributed by atoms with Crippen LogP contribution in [0.1, 0.15) is 39.1 Å². The first-order valence-corrected chi connectivity index (χ1v) is 8.93. The van der Waals surface area contributed by atoms with Gasteiger partial charge in [0, 0.05) is 21.5 Å². The maximum Gasteiger partial charge on any atom is 0.311 e. The van der Waals surface area contributed by atoms with Crippen LogP contribution < -0.4 is 0 Å². The molecule has 0 aromatic heterocycles. The van der Waals surface area contributed by atoms with E-state index in [2.05, 4.69) is 15.9 Å². The van der Waals surface area contributed by atoms with Crippen LogP contribution in [-0.2, 0) is 9.53 Å². The molecular formula is C20H15BrO4. The normalized spacial score (nSPS) is 22.8. The second-order valence-corrected chi connectivity index (χ2v) is 7.25. The summed E-state index contributed by atoms with van der Waals surface area (Å²) in [5.41, 5.74) is 0.247. The number of halogens is 1. The molecule has 4 rings (SSSR count). The summed E-state index contributed by atoms with van der Waals surface area (Å²) in [6.45, 7) is 1.93. The fourth-order valence-corrected chi connectivity index (χ4v) is 4.51. The number of hydrogen-bond donors (Lipinski definition) is 0. The van der Waals surface area contributed by atoms with Crippen molar-refractivity contribution in [3.63, 3.8) is 0 Å². The number of Topliss-reactive ketones (excluding diaryl/α,β-unsaturated/α-hetero) is 2. The van der Waals surface area contributed by atoms with Crippen LogP contribution in [0.3, 0.4) is 0 Å². The Morgan fingerprint density at radius 2 is 1.72 bits per heavy atom. The number of esters is 1. The number of hydrogen-bond acceptors (Lipinski definition) is 4. The predicted molar refractivity (Wildman–Crippen MR) is 94.5 cm³/mol. The van der Waals surface area contributed by atoms with Gasteiger partial charge in [-0.05, 0) is 24.6 Å². The third-order valence-corrected chi connectivity index (χ3v) is 5.61. The zero-order valence-corrected chi connectivity index (χ0v) is 15.1. The lowest BCUT2D eigenvalue weighted by Gasteiger charge is -2.07. The number of ketones is 2. The maximum absolute atomic E-state index is 13.1. The maximum atomic E-state index is 13.1. The predicted octanol–water partition coefficient (Wildman–Crippen LogP) is 3.79. The molecule has 0 saturated heterocycles. The van der Waals surface area contributed by atoms with Gasteiger partial charge in [0.1, 0.15) is 5.41 Å². The van der Waals surface area contributed by atoms with Crippen LogP contribution in [0.25, 0.3) is 0 Å². The molecule has 126 valence electrons. The second-order valence-electron chi connectivity index (χ2n) is 6.34. The summed E-state index contributed by atoms with van der Waals surface area (Å²) in [7, 11) is 0. The molecule has 4 nitrogen and oxygen atoms in total. The first kappa shape index (κ1) is 16.2. The number of ether oxygens (including phenoxy) is 1. The molecule has 0 radical (unpaired) electrons. The summed E-state index contributed by atoms with van der Waals surface area (Å²) < 4.78 is 6.01. The summed E-state index contributed by atoms with van der Waals surface area (Å²) in [5, 5.41) is 0. The number of benzene rings is 2. The lowest BCUT2D eigenvalue weighted by Crippen LogP contribution is -2.24. The molecule has 1 spiro atoms. The van der Waals surface area contributed by atoms with Crippen molar-refractivity contribution in [2.24, 2.45) is 11.3 Å². The van der Waals surface area contributed by atoms with Crippen LogP contribution >= 0.6 is 15.9 Å². The van der Waals surface area contributed by atoms with Crippen LogP contribution in [0.5, 0.6) is 0 Å². The monoisotopic (exact) mass is 398 g/mol. The fraction of sp³-hybridized carbons (Fsp3) is 0.250. The van der Waals surface area contributed by atoms with Gasteiger partial charge < -0.3 is 4.74 Å². The molecule has 2 aromatic carbocycles. The lowest BCUT2D eigenvalue weighted by molar-refractivity contribution is -0.145. The Bertz CT molecular complexity index is 882. The third kappa shape index (κ3) is 2.08. The quantitative estimate of drug-likeness (QED) is 0.582. The van der Waals surface area contributed by atoms with E-state index in [9.17, 15) is 14.4 Å². The van der Waals surface area contributed by atoms with Crippen molar-refractivity contribution in [1.29, 1.82) is 0 Å². The molecule has 0 amide bonds. The van der Waals surface area contributed by atoms with Crippen LogP contribution in [0, 0.1) is 11.3 Å². The topological polar surface area (TPSA) is 60.4 Å². The van der Waals surface area contributed by atoms with E-state index >= 15 is 0 Å². The third-order valence-electron chi connectivity index (χ3n) is 5.12. The minimum Gasteiger partial charge on any atom is -0.466 e. The Kier molecular flexibility index (Phi) is 3.65. The fourth-order valence-electron chi connectivity index (χ4n) is 4.09. The number of fused-ring (bicyclic) bond motifs is 1. The van der Waals surface area contributed by atoms with Gasteiger partial charge in [-0.1, -0.05) is 52.3 Å². The van der Waals surface area contributed by atoms with Crippen LogP contribution in [0.4, 0.5) is 0 Å². The molecular weight excluding hydrogens is 384 g/mol. The van der Waals surface area contributed by atoms with E-state index < -0.39 is 23.2 Å². The molecule has 2 aliphatic carbocycles. The summed E-state index contributed by atoms with van der Waals surface area (Å²) >= 11 is 3.42. The summed E-state index contributed by atoms with van der Waals surface area (Å²) in [6.07, 6.45) is 0. The van der Waals surface area contributed by atoms with Crippen molar-refractivity contribution in [3.05, 3.63) is 69.7 Å². The highest BCUT2D eigenvalue weighted by molar-refractivity contribution is 9.10. The summed E-state index contributed by atoms with van der Waals surface area (Å²) in [6, 6.07) is 14.2. The van der Waals surface area contributed by atoms with E-state index in [1.54, 1.807) is 31.2 Å². The lowest BCUT2D eigenvalue weighted by atomic mass is 9.93. The van der Waals surface area contributed by atoms with Crippen molar-refractivity contribution in [2.45, 2.75) is 12.8 Å². The molecule has 0 heterocycles. The van der Waals surface area contributed by atoms with Gasteiger partial charge in [-0.2, -0.15) is 0 Å². The summed E-state index contributed by atoms with van der Waals surface area (Å²) in [5.74, 6) is -2.28. The van der Waals surface area contributed by atoms with Gasteiger partial charge >= 0.3 is 5.97 Å². The molecule has 2 aliphatic rings. The van der Waals surface area contributed by atoms with Gasteiger partial charge in [0.15, 0.2) is 11.6 Å². The molecule has 5 heteroatoms. The minimum absolute atomic E-state index is 0.214. The van der Waals surface area contributed by atoms with E-state index in [1.807, 2.05) is 24.3 Å². The molecule has 0 bridgehead atoms. The number of rotatable bonds is 3. The standard InChI is InChI=1S/C20H15BrO4/c1-2-25-19(24)16-15(11-6-5-7-12(21)10-11)20(16)17(22)13-8-3-4-9-14(13)18(20)23/h3-10,15-16H,2H2,1H3/t15-,16+/m0/s1. The first-order valence-electron chi connectivity index (χ1n) is 8.14. The van der Waals surface area contributed by atoms with Crippen LogP contribution in [-0.4, -0.2) is 24.1 Å². The van der Waals surface area contributed by atoms with Gasteiger partial charge in [-0.15, -0.1) is 0 Å². The minimum atomic E-state index is -1.35. The molecule has 1 fully saturated rings. The molecule has 2 aromatic rings. The van der Waals surface area contributed by atoms with Crippen LogP contribution in [0.15, 0.2) is 53.0 Å². The highest BCUT2D eigenvalue weighted by Crippen LogP contribution is 2.70. The van der Waals surface area contributed by atoms with Crippen molar-refractivity contribution in [1.82, 2.24) is 0 Å². The van der Waals surface area contributed by atoms with E-state index in [0.717, 1.165) is 10.0 Å². The van der Waals surface area contributed by atoms with Crippen molar-refractivity contribution in [2.75, 3.05) is 6.61 Å². The highest BCUT2D eigenvalue weighted by Gasteiger charge is 2.79. The van der Waals surface area contributed by atoms with Gasteiger partial charge in [-0.3, -0.25) is 14.4 Å². The number of carbonyl (C=O) groups is 3. The second kappa shape index (κ2) is 5.63. The van der Waals surface area contributed by atoms with Crippen molar-refractivity contribution in [3.8, 4) is 0 Å². The number of carbonyl (C=O) groups excluding carboxylic acids is 3. The Hall–Kier alpha value is -2.27. The first-order chi connectivity index (χ1) is 12.0. The van der Waals surface area contributed by atoms with E-state index in [4.69, 9.17) is 4.74 Å². The molecule has 0 unspecified atom stereocenters. The van der Waals surface area contributed by atoms with E-state index in [-0.39, 0.29) is 18.2 Å². The van der Waals surface area contributed by atoms with Crippen molar-refractivity contribution >= 4 is 33.5 Å². The smallest absolute Gasteiger partial charge is 0.311 e. The highest BCUT2D eigenvalue weighted by atomic mass is 79.9. The average Bonchev–Trinajstić information content (AvgIpc) is 3.26. The molecule has 0 aliphatic heterocycles. The van der Waals surface area contributed by atoms with E-state index in [1.165, 1.54) is 0 Å². The van der Waals surface area contributed by atoms with Crippen molar-refractivity contribution < 1.29 is 19.1 Å². The molecule has 2 atom stereocenters. The Morgan fingerprint density at radius 1 is 1.08 bits per heavy atom. The zero-order chi connectivity index (χ0) is 17.8. The van der Waals surface area contributed by atoms with Gasteiger partial charge in [0.2, 0.25) is 0 Å². The SMILES string of the molecule is CCOC(=O)[C@H]1[C@H](c2cccc(Br)c2)C12C(=O)c1ccccc1C2=O. The molecule has 25 heavy (non-hydrogen) atoms.